The molecule has 0 spiro atoms. The van der Waals surface area contributed by atoms with Crippen LogP contribution < -0.4 is 25.8 Å². The van der Waals surface area contributed by atoms with E-state index in [1.165, 1.54) is 5.56 Å². The maximum atomic E-state index is 10.5. The van der Waals surface area contributed by atoms with Gasteiger partial charge in [-0.3, -0.25) is 10.6 Å². The Morgan fingerprint density at radius 1 is 0.722 bits per heavy atom. The molecule has 36 heavy (non-hydrogen) atoms. The number of aryl methyl sites for hydroxylation is 1. The van der Waals surface area contributed by atoms with Crippen LogP contribution in [0.5, 0.6) is 11.5 Å². The second-order valence-electron chi connectivity index (χ2n) is 9.17. The fourth-order valence-electron chi connectivity index (χ4n) is 3.70. The number of rotatable bonds is 16. The van der Waals surface area contributed by atoms with E-state index in [2.05, 4.69) is 22.8 Å². The van der Waals surface area contributed by atoms with Crippen LogP contribution >= 0.6 is 0 Å². The van der Waals surface area contributed by atoms with Crippen LogP contribution in [0.4, 0.5) is 0 Å². The lowest BCUT2D eigenvalue weighted by molar-refractivity contribution is 0.0772. The highest BCUT2D eigenvalue weighted by atomic mass is 16.5. The van der Waals surface area contributed by atoms with Gasteiger partial charge in [0, 0.05) is 19.6 Å². The van der Waals surface area contributed by atoms with Gasteiger partial charge in [-0.05, 0) is 55.2 Å². The molecule has 0 aliphatic carbocycles. The van der Waals surface area contributed by atoms with Crippen molar-refractivity contribution in [1.29, 1.82) is 0 Å². The van der Waals surface area contributed by atoms with E-state index in [9.17, 15) is 10.2 Å². The number of nitrogens with one attached hydrogen (secondary N) is 2. The Morgan fingerprint density at radius 3 is 1.61 bits per heavy atom. The van der Waals surface area contributed by atoms with E-state index in [-0.39, 0.29) is 13.2 Å². The smallest absolute Gasteiger partial charge is 0.119 e. The molecule has 3 rings (SSSR count). The minimum Gasteiger partial charge on any atom is -0.491 e. The van der Waals surface area contributed by atoms with E-state index >= 15 is 0 Å². The first-order chi connectivity index (χ1) is 17.5. The van der Waals surface area contributed by atoms with Crippen molar-refractivity contribution in [2.75, 3.05) is 26.3 Å². The lowest BCUT2D eigenvalue weighted by Gasteiger charge is -2.34. The third-order valence-corrected chi connectivity index (χ3v) is 6.00. The number of benzene rings is 3. The Labute approximate surface area is 214 Å². The predicted octanol–water partition coefficient (Wildman–Crippen LogP) is 2.85. The third kappa shape index (κ3) is 9.97. The number of ether oxygens (including phenoxy) is 2. The first-order valence-corrected chi connectivity index (χ1v) is 12.5. The summed E-state index contributed by atoms with van der Waals surface area (Å²) in [4.78, 5) is 0. The minimum atomic E-state index is -0.693. The van der Waals surface area contributed by atoms with Gasteiger partial charge < -0.3 is 25.4 Å². The predicted molar refractivity (Wildman–Crippen MR) is 143 cm³/mol. The van der Waals surface area contributed by atoms with Crippen LogP contribution in [-0.4, -0.2) is 54.4 Å². The molecule has 2 atom stereocenters. The molecule has 7 nitrogen and oxygen atoms in total. The molecule has 0 unspecified atom stereocenters. The van der Waals surface area contributed by atoms with E-state index in [0.717, 1.165) is 29.9 Å². The van der Waals surface area contributed by atoms with Crippen molar-refractivity contribution in [2.45, 2.75) is 44.2 Å². The summed E-state index contributed by atoms with van der Waals surface area (Å²) >= 11 is 0. The molecule has 6 N–H and O–H groups in total. The average Bonchev–Trinajstić information content (AvgIpc) is 2.93. The monoisotopic (exact) mass is 493 g/mol. The van der Waals surface area contributed by atoms with Crippen LogP contribution in [0.3, 0.4) is 0 Å². The molecule has 0 aromatic heterocycles. The standard InChI is InChI=1S/C29H39N3O4/c1-29(17-16-23-12-14-24(18-30)15-13-23,31-19-25(33)21-35-27-8-4-2-5-9-27)32-20-26(34)22-36-28-10-6-3-7-11-28/h2-15,25-26,31-34H,16-22,30H2,1H3/t25-,26-/m1/s1. The molecule has 0 fully saturated rings. The average molecular weight is 494 g/mol. The first kappa shape index (κ1) is 27.6. The summed E-state index contributed by atoms with van der Waals surface area (Å²) in [5.41, 5.74) is 7.48. The zero-order valence-electron chi connectivity index (χ0n) is 21.0. The molecule has 0 bridgehead atoms. The van der Waals surface area contributed by atoms with Crippen molar-refractivity contribution in [1.82, 2.24) is 10.6 Å². The van der Waals surface area contributed by atoms with Gasteiger partial charge in [-0.15, -0.1) is 0 Å². The van der Waals surface area contributed by atoms with E-state index in [0.29, 0.717) is 19.6 Å². The Hall–Kier alpha value is -2.94. The summed E-state index contributed by atoms with van der Waals surface area (Å²) in [5.74, 6) is 1.44. The molecule has 194 valence electrons. The van der Waals surface area contributed by atoms with E-state index in [1.807, 2.05) is 79.7 Å². The van der Waals surface area contributed by atoms with Crippen LogP contribution in [0, 0.1) is 0 Å². The molecule has 0 saturated carbocycles. The molecule has 3 aromatic carbocycles. The van der Waals surface area contributed by atoms with E-state index < -0.39 is 17.9 Å². The van der Waals surface area contributed by atoms with Gasteiger partial charge in [0.05, 0.1) is 5.66 Å². The molecule has 0 heterocycles. The van der Waals surface area contributed by atoms with Gasteiger partial charge in [-0.25, -0.2) is 0 Å². The van der Waals surface area contributed by atoms with Gasteiger partial charge in [-0.1, -0.05) is 60.7 Å². The summed E-state index contributed by atoms with van der Waals surface area (Å²) in [6.45, 7) is 3.59. The van der Waals surface area contributed by atoms with Gasteiger partial charge in [0.15, 0.2) is 0 Å². The maximum absolute atomic E-state index is 10.5. The van der Waals surface area contributed by atoms with E-state index in [4.69, 9.17) is 15.2 Å². The van der Waals surface area contributed by atoms with Crippen LogP contribution in [0.2, 0.25) is 0 Å². The van der Waals surface area contributed by atoms with Gasteiger partial charge in [0.2, 0.25) is 0 Å². The molecule has 0 amide bonds. The molecular formula is C29H39N3O4. The zero-order valence-corrected chi connectivity index (χ0v) is 21.0. The van der Waals surface area contributed by atoms with Crippen molar-refractivity contribution in [2.24, 2.45) is 5.73 Å². The second kappa shape index (κ2) is 14.6. The topological polar surface area (TPSA) is 109 Å². The molecule has 7 heteroatoms. The lowest BCUT2D eigenvalue weighted by Crippen LogP contribution is -2.58. The highest BCUT2D eigenvalue weighted by Gasteiger charge is 2.25. The first-order valence-electron chi connectivity index (χ1n) is 12.5. The van der Waals surface area contributed by atoms with Crippen molar-refractivity contribution >= 4 is 0 Å². The molecule has 3 aromatic rings. The molecule has 0 radical (unpaired) electrons. The maximum Gasteiger partial charge on any atom is 0.119 e. The van der Waals surface area contributed by atoms with Gasteiger partial charge in [0.1, 0.15) is 36.9 Å². The molecule has 0 aliphatic rings. The van der Waals surface area contributed by atoms with Gasteiger partial charge in [-0.2, -0.15) is 0 Å². The highest BCUT2D eigenvalue weighted by Crippen LogP contribution is 2.15. The summed E-state index contributed by atoms with van der Waals surface area (Å²) < 4.78 is 11.4. The Balaban J connectivity index is 1.53. The quantitative estimate of drug-likeness (QED) is 0.195. The number of hydrogen-bond acceptors (Lipinski definition) is 7. The van der Waals surface area contributed by atoms with Crippen molar-refractivity contribution < 1.29 is 19.7 Å². The number of aliphatic hydroxyl groups excluding tert-OH is 2. The fraction of sp³-hybridized carbons (Fsp3) is 0.379. The van der Waals surface area contributed by atoms with Gasteiger partial charge >= 0.3 is 0 Å². The van der Waals surface area contributed by atoms with Crippen LogP contribution in [0.25, 0.3) is 0 Å². The van der Waals surface area contributed by atoms with Crippen LogP contribution in [0.1, 0.15) is 24.5 Å². The summed E-state index contributed by atoms with van der Waals surface area (Å²) in [6, 6.07) is 27.1. The Morgan fingerprint density at radius 2 is 1.17 bits per heavy atom. The number of nitrogens with two attached hydrogens (primary N) is 1. The Kier molecular flexibility index (Phi) is 11.2. The van der Waals surface area contributed by atoms with Crippen molar-refractivity contribution in [3.8, 4) is 11.5 Å². The summed E-state index contributed by atoms with van der Waals surface area (Å²) in [7, 11) is 0. The SMILES string of the molecule is CC(CCc1ccc(CN)cc1)(NC[C@@H](O)COc1ccccc1)NC[C@@H](O)COc1ccccc1. The molecule has 0 aliphatic heterocycles. The minimum absolute atomic E-state index is 0.182. The number of aliphatic hydroxyl groups is 2. The largest absolute Gasteiger partial charge is 0.491 e. The highest BCUT2D eigenvalue weighted by molar-refractivity contribution is 5.23. The third-order valence-electron chi connectivity index (χ3n) is 6.00. The summed E-state index contributed by atoms with van der Waals surface area (Å²) in [6.07, 6.45) is 0.172. The van der Waals surface area contributed by atoms with Crippen molar-refractivity contribution in [3.05, 3.63) is 96.1 Å². The number of para-hydroxylation sites is 2. The second-order valence-corrected chi connectivity index (χ2v) is 9.17. The van der Waals surface area contributed by atoms with Crippen molar-refractivity contribution in [3.63, 3.8) is 0 Å². The Bertz CT molecular complexity index is 933. The molecule has 0 saturated heterocycles. The van der Waals surface area contributed by atoms with Crippen LogP contribution in [0.15, 0.2) is 84.9 Å². The van der Waals surface area contributed by atoms with E-state index in [1.54, 1.807) is 0 Å². The summed E-state index contributed by atoms with van der Waals surface area (Å²) in [5, 5.41) is 27.9. The normalized spacial score (nSPS) is 13.2. The fourth-order valence-corrected chi connectivity index (χ4v) is 3.70. The number of hydrogen-bond donors (Lipinski definition) is 5. The molecular weight excluding hydrogens is 454 g/mol. The lowest BCUT2D eigenvalue weighted by atomic mass is 9.99. The zero-order chi connectivity index (χ0) is 25.6. The van der Waals surface area contributed by atoms with Gasteiger partial charge in [0.25, 0.3) is 0 Å². The van der Waals surface area contributed by atoms with Crippen LogP contribution in [-0.2, 0) is 13.0 Å².